The van der Waals surface area contributed by atoms with E-state index in [0.29, 0.717) is 6.04 Å². The van der Waals surface area contributed by atoms with Gasteiger partial charge < -0.3 is 10.2 Å². The van der Waals surface area contributed by atoms with Crippen LogP contribution in [0.1, 0.15) is 5.56 Å². The average molecular weight is 227 g/mol. The number of rotatable bonds is 0. The smallest absolute Gasteiger partial charge is 0.143 e. The SMILES string of the molecule is Fc1cc2c(cc1Cl)CC1CNCCN21. The number of halogens is 2. The second-order valence-corrected chi connectivity index (χ2v) is 4.56. The van der Waals surface area contributed by atoms with Crippen molar-refractivity contribution in [1.29, 1.82) is 0 Å². The molecule has 0 spiro atoms. The van der Waals surface area contributed by atoms with Crippen LogP contribution in [0.4, 0.5) is 10.1 Å². The summed E-state index contributed by atoms with van der Waals surface area (Å²) in [6, 6.07) is 3.82. The molecule has 2 aliphatic rings. The van der Waals surface area contributed by atoms with Crippen molar-refractivity contribution in [1.82, 2.24) is 5.32 Å². The van der Waals surface area contributed by atoms with Gasteiger partial charge in [-0.25, -0.2) is 4.39 Å². The van der Waals surface area contributed by atoms with Crippen LogP contribution in [0.15, 0.2) is 12.1 Å². The molecule has 80 valence electrons. The van der Waals surface area contributed by atoms with Crippen LogP contribution in [-0.4, -0.2) is 25.7 Å². The Hall–Kier alpha value is -0.800. The van der Waals surface area contributed by atoms with Gasteiger partial charge in [-0.1, -0.05) is 11.6 Å². The lowest BCUT2D eigenvalue weighted by Crippen LogP contribution is -2.49. The largest absolute Gasteiger partial charge is 0.365 e. The average Bonchev–Trinajstić information content (AvgIpc) is 2.57. The molecule has 2 heterocycles. The minimum atomic E-state index is -0.311. The summed E-state index contributed by atoms with van der Waals surface area (Å²) in [5.41, 5.74) is 2.21. The van der Waals surface area contributed by atoms with E-state index < -0.39 is 0 Å². The number of hydrogen-bond donors (Lipinski definition) is 1. The van der Waals surface area contributed by atoms with Crippen molar-refractivity contribution >= 4 is 17.3 Å². The van der Waals surface area contributed by atoms with Crippen molar-refractivity contribution in [2.45, 2.75) is 12.5 Å². The minimum absolute atomic E-state index is 0.238. The summed E-state index contributed by atoms with van der Waals surface area (Å²) in [5, 5.41) is 3.59. The molecule has 0 aromatic heterocycles. The summed E-state index contributed by atoms with van der Waals surface area (Å²) in [7, 11) is 0. The van der Waals surface area contributed by atoms with Crippen LogP contribution >= 0.6 is 11.6 Å². The molecule has 15 heavy (non-hydrogen) atoms. The lowest BCUT2D eigenvalue weighted by atomic mass is 10.1. The van der Waals surface area contributed by atoms with E-state index >= 15 is 0 Å². The highest BCUT2D eigenvalue weighted by atomic mass is 35.5. The van der Waals surface area contributed by atoms with Crippen molar-refractivity contribution in [2.24, 2.45) is 0 Å². The summed E-state index contributed by atoms with van der Waals surface area (Å²) in [5.74, 6) is -0.311. The summed E-state index contributed by atoms with van der Waals surface area (Å²) in [6.45, 7) is 2.91. The first kappa shape index (κ1) is 9.43. The molecule has 0 amide bonds. The Labute approximate surface area is 93.0 Å². The van der Waals surface area contributed by atoms with Crippen LogP contribution in [0.3, 0.4) is 0 Å². The molecule has 1 fully saturated rings. The van der Waals surface area contributed by atoms with Crippen LogP contribution in [0.5, 0.6) is 0 Å². The molecule has 0 aliphatic carbocycles. The Bertz CT molecular complexity index is 408. The quantitative estimate of drug-likeness (QED) is 0.726. The second-order valence-electron chi connectivity index (χ2n) is 4.15. The first-order chi connectivity index (χ1) is 7.25. The zero-order valence-corrected chi connectivity index (χ0v) is 9.02. The van der Waals surface area contributed by atoms with Gasteiger partial charge in [0.2, 0.25) is 0 Å². The molecule has 0 saturated carbocycles. The zero-order valence-electron chi connectivity index (χ0n) is 8.26. The fourth-order valence-corrected chi connectivity index (χ4v) is 2.71. The van der Waals surface area contributed by atoms with Crippen LogP contribution in [-0.2, 0) is 6.42 Å². The highest BCUT2D eigenvalue weighted by Crippen LogP contribution is 2.35. The molecule has 1 aromatic carbocycles. The van der Waals surface area contributed by atoms with E-state index in [0.717, 1.165) is 31.7 Å². The highest BCUT2D eigenvalue weighted by Gasteiger charge is 2.31. The van der Waals surface area contributed by atoms with Crippen LogP contribution in [0.25, 0.3) is 0 Å². The van der Waals surface area contributed by atoms with Gasteiger partial charge in [-0.3, -0.25) is 0 Å². The third-order valence-corrected chi connectivity index (χ3v) is 3.53. The van der Waals surface area contributed by atoms with E-state index in [1.807, 2.05) is 0 Å². The van der Waals surface area contributed by atoms with Gasteiger partial charge in [-0.2, -0.15) is 0 Å². The Morgan fingerprint density at radius 2 is 2.33 bits per heavy atom. The zero-order chi connectivity index (χ0) is 10.4. The third kappa shape index (κ3) is 1.42. The minimum Gasteiger partial charge on any atom is -0.365 e. The summed E-state index contributed by atoms with van der Waals surface area (Å²) in [6.07, 6.45) is 0.975. The van der Waals surface area contributed by atoms with Crippen LogP contribution in [0, 0.1) is 5.82 Å². The number of benzene rings is 1. The molecule has 1 atom stereocenters. The highest BCUT2D eigenvalue weighted by molar-refractivity contribution is 6.30. The number of hydrogen-bond acceptors (Lipinski definition) is 2. The lowest BCUT2D eigenvalue weighted by Gasteiger charge is -2.32. The first-order valence-corrected chi connectivity index (χ1v) is 5.59. The Kier molecular flexibility index (Phi) is 2.11. The van der Waals surface area contributed by atoms with Crippen molar-refractivity contribution in [2.75, 3.05) is 24.5 Å². The van der Waals surface area contributed by atoms with E-state index in [-0.39, 0.29) is 10.8 Å². The van der Waals surface area contributed by atoms with Gasteiger partial charge in [0.25, 0.3) is 0 Å². The van der Waals surface area contributed by atoms with E-state index in [1.165, 1.54) is 5.56 Å². The van der Waals surface area contributed by atoms with E-state index in [1.54, 1.807) is 12.1 Å². The van der Waals surface area contributed by atoms with Crippen molar-refractivity contribution in [3.63, 3.8) is 0 Å². The van der Waals surface area contributed by atoms with Gasteiger partial charge >= 0.3 is 0 Å². The number of nitrogens with zero attached hydrogens (tertiary/aromatic N) is 1. The fraction of sp³-hybridized carbons (Fsp3) is 0.455. The van der Waals surface area contributed by atoms with E-state index in [9.17, 15) is 4.39 Å². The number of nitrogens with one attached hydrogen (secondary N) is 1. The number of fused-ring (bicyclic) bond motifs is 3. The molecular formula is C11H12ClFN2. The molecule has 0 radical (unpaired) electrons. The summed E-state index contributed by atoms with van der Waals surface area (Å²) < 4.78 is 13.4. The van der Waals surface area contributed by atoms with Crippen molar-refractivity contribution in [3.8, 4) is 0 Å². The van der Waals surface area contributed by atoms with Gasteiger partial charge in [-0.15, -0.1) is 0 Å². The molecule has 0 bridgehead atoms. The monoisotopic (exact) mass is 226 g/mol. The van der Waals surface area contributed by atoms with Gasteiger partial charge in [0.15, 0.2) is 0 Å². The van der Waals surface area contributed by atoms with Gasteiger partial charge in [0.1, 0.15) is 5.82 Å². The fourth-order valence-electron chi connectivity index (χ4n) is 2.52. The molecule has 2 aliphatic heterocycles. The molecule has 2 nitrogen and oxygen atoms in total. The summed E-state index contributed by atoms with van der Waals surface area (Å²) in [4.78, 5) is 2.28. The van der Waals surface area contributed by atoms with Gasteiger partial charge in [-0.05, 0) is 24.1 Å². The third-order valence-electron chi connectivity index (χ3n) is 3.24. The van der Waals surface area contributed by atoms with Crippen molar-refractivity contribution in [3.05, 3.63) is 28.5 Å². The maximum absolute atomic E-state index is 13.4. The second kappa shape index (κ2) is 3.35. The molecule has 1 N–H and O–H groups in total. The Morgan fingerprint density at radius 3 is 3.20 bits per heavy atom. The van der Waals surface area contributed by atoms with Gasteiger partial charge in [0, 0.05) is 31.4 Å². The predicted octanol–water partition coefficient (Wildman–Crippen LogP) is 1.81. The van der Waals surface area contributed by atoms with E-state index in [2.05, 4.69) is 10.2 Å². The molecule has 1 unspecified atom stereocenters. The normalized spacial score (nSPS) is 23.9. The maximum atomic E-state index is 13.4. The molecule has 3 rings (SSSR count). The van der Waals surface area contributed by atoms with Crippen molar-refractivity contribution < 1.29 is 4.39 Å². The molecule has 4 heteroatoms. The Balaban J connectivity index is 2.04. The standard InChI is InChI=1S/C11H12ClFN2/c12-9-4-7-3-8-6-14-1-2-15(8)11(7)5-10(9)13/h4-5,8,14H,1-3,6H2. The van der Waals surface area contributed by atoms with E-state index in [4.69, 9.17) is 11.6 Å². The molecule has 1 aromatic rings. The molecule has 1 saturated heterocycles. The first-order valence-electron chi connectivity index (χ1n) is 5.21. The lowest BCUT2D eigenvalue weighted by molar-refractivity contribution is 0.494. The van der Waals surface area contributed by atoms with Crippen LogP contribution < -0.4 is 10.2 Å². The maximum Gasteiger partial charge on any atom is 0.143 e. The predicted molar refractivity (Wildman–Crippen MR) is 59.1 cm³/mol. The molecular weight excluding hydrogens is 215 g/mol. The topological polar surface area (TPSA) is 15.3 Å². The summed E-state index contributed by atoms with van der Waals surface area (Å²) >= 11 is 5.78. The number of anilines is 1. The van der Waals surface area contributed by atoms with Crippen LogP contribution in [0.2, 0.25) is 5.02 Å². The number of piperazine rings is 1. The van der Waals surface area contributed by atoms with Gasteiger partial charge in [0.05, 0.1) is 5.02 Å². The Morgan fingerprint density at radius 1 is 1.47 bits per heavy atom.